The lowest BCUT2D eigenvalue weighted by Gasteiger charge is -2.19. The number of benzene rings is 3. The van der Waals surface area contributed by atoms with Crippen LogP contribution in [0, 0.1) is 0 Å². The van der Waals surface area contributed by atoms with Crippen molar-refractivity contribution < 1.29 is 13.9 Å². The number of carbonyl (C=O) groups is 1. The molecule has 0 unspecified atom stereocenters. The van der Waals surface area contributed by atoms with Crippen molar-refractivity contribution in [3.63, 3.8) is 0 Å². The molecule has 4 aromatic rings. The number of ether oxygens (including phenoxy) is 1. The first kappa shape index (κ1) is 25.9. The quantitative estimate of drug-likeness (QED) is 0.258. The smallest absolute Gasteiger partial charge is 0.264 e. The number of thiocarbonyl (C=S) groups is 1. The van der Waals surface area contributed by atoms with Crippen LogP contribution in [0.3, 0.4) is 0 Å². The number of hydrogen-bond donors (Lipinski definition) is 2. The van der Waals surface area contributed by atoms with Gasteiger partial charge in [0.25, 0.3) is 5.91 Å². The molecular weight excluding hydrogens is 517 g/mol. The van der Waals surface area contributed by atoms with E-state index in [9.17, 15) is 4.79 Å². The molecule has 0 bridgehead atoms. The van der Waals surface area contributed by atoms with E-state index >= 15 is 0 Å². The second-order valence-corrected chi connectivity index (χ2v) is 10.5. The third-order valence-corrected chi connectivity index (χ3v) is 6.07. The summed E-state index contributed by atoms with van der Waals surface area (Å²) in [7, 11) is 0. The molecule has 0 saturated heterocycles. The Morgan fingerprint density at radius 1 is 1.06 bits per heavy atom. The van der Waals surface area contributed by atoms with Crippen molar-refractivity contribution in [1.82, 2.24) is 10.3 Å². The molecule has 2 N–H and O–H groups in total. The molecule has 0 radical (unpaired) electrons. The Morgan fingerprint density at radius 3 is 2.42 bits per heavy atom. The van der Waals surface area contributed by atoms with E-state index in [1.54, 1.807) is 12.1 Å². The Hall–Kier alpha value is -3.13. The largest absolute Gasteiger partial charge is 0.484 e. The van der Waals surface area contributed by atoms with Crippen molar-refractivity contribution in [3.05, 3.63) is 87.7 Å². The number of amides is 1. The van der Waals surface area contributed by atoms with E-state index in [1.807, 2.05) is 48.5 Å². The topological polar surface area (TPSA) is 76.4 Å². The summed E-state index contributed by atoms with van der Waals surface area (Å²) in [5.74, 6) is 0.807. The molecule has 0 aliphatic carbocycles. The molecule has 9 heteroatoms. The van der Waals surface area contributed by atoms with Crippen LogP contribution in [0.5, 0.6) is 5.75 Å². The first-order valence-electron chi connectivity index (χ1n) is 11.2. The fourth-order valence-corrected chi connectivity index (χ4v) is 4.24. The fraction of sp³-hybridized carbons (Fsp3) is 0.222. The standard InChI is InChI=1S/C27H25Cl2N3O3S/c1-27(2,3)17-6-10-20(11-7-17)34-15-23(33)32-26(36)30-19-8-4-16(5-9-19)12-24-31-22-14-18(28)13-21(29)25(22)35-24/h4-11,13-14H,12,15H2,1-3H3,(H2,30,32,33,36). The average molecular weight is 542 g/mol. The summed E-state index contributed by atoms with van der Waals surface area (Å²) in [6.07, 6.45) is 0.484. The maximum atomic E-state index is 12.2. The minimum atomic E-state index is -0.348. The molecule has 6 nitrogen and oxygen atoms in total. The molecule has 0 aliphatic rings. The van der Waals surface area contributed by atoms with Crippen molar-refractivity contribution in [3.8, 4) is 5.75 Å². The first-order chi connectivity index (χ1) is 17.1. The highest BCUT2D eigenvalue weighted by Gasteiger charge is 2.14. The van der Waals surface area contributed by atoms with Crippen LogP contribution in [0.2, 0.25) is 10.0 Å². The zero-order chi connectivity index (χ0) is 25.9. The van der Waals surface area contributed by atoms with Crippen LogP contribution < -0.4 is 15.4 Å². The van der Waals surface area contributed by atoms with Crippen molar-refractivity contribution >= 4 is 63.2 Å². The Balaban J connectivity index is 1.26. The van der Waals surface area contributed by atoms with Gasteiger partial charge in [-0.2, -0.15) is 0 Å². The highest BCUT2D eigenvalue weighted by Crippen LogP contribution is 2.29. The SMILES string of the molecule is CC(C)(C)c1ccc(OCC(=O)NC(=S)Nc2ccc(Cc3nc4cc(Cl)cc(Cl)c4o3)cc2)cc1. The van der Waals surface area contributed by atoms with Gasteiger partial charge in [0.1, 0.15) is 11.3 Å². The van der Waals surface area contributed by atoms with E-state index in [-0.39, 0.29) is 23.0 Å². The molecule has 0 aliphatic heterocycles. The predicted molar refractivity (Wildman–Crippen MR) is 148 cm³/mol. The van der Waals surface area contributed by atoms with Gasteiger partial charge in [-0.3, -0.25) is 10.1 Å². The number of oxazole rings is 1. The molecule has 186 valence electrons. The zero-order valence-electron chi connectivity index (χ0n) is 20.0. The Bertz CT molecular complexity index is 1400. The third kappa shape index (κ3) is 6.75. The molecule has 4 rings (SSSR count). The molecular formula is C27H25Cl2N3O3S. The van der Waals surface area contributed by atoms with Gasteiger partial charge >= 0.3 is 0 Å². The van der Waals surface area contributed by atoms with Crippen LogP contribution in [0.15, 0.2) is 65.1 Å². The summed E-state index contributed by atoms with van der Waals surface area (Å²) < 4.78 is 11.3. The minimum Gasteiger partial charge on any atom is -0.484 e. The van der Waals surface area contributed by atoms with E-state index in [1.165, 1.54) is 5.56 Å². The van der Waals surface area contributed by atoms with Gasteiger partial charge < -0.3 is 14.5 Å². The summed E-state index contributed by atoms with van der Waals surface area (Å²) in [5.41, 5.74) is 4.10. The summed E-state index contributed by atoms with van der Waals surface area (Å²) in [6.45, 7) is 6.28. The van der Waals surface area contributed by atoms with Crippen molar-refractivity contribution in [1.29, 1.82) is 0 Å². The van der Waals surface area contributed by atoms with Crippen molar-refractivity contribution in [2.45, 2.75) is 32.6 Å². The van der Waals surface area contributed by atoms with E-state index < -0.39 is 0 Å². The van der Waals surface area contributed by atoms with Crippen LogP contribution in [0.25, 0.3) is 11.1 Å². The number of nitrogens with zero attached hydrogens (tertiary/aromatic N) is 1. The Labute approximate surface area is 225 Å². The Kier molecular flexibility index (Phi) is 7.83. The highest BCUT2D eigenvalue weighted by atomic mass is 35.5. The third-order valence-electron chi connectivity index (χ3n) is 5.36. The van der Waals surface area contributed by atoms with E-state index in [0.29, 0.717) is 39.2 Å². The second kappa shape index (κ2) is 10.9. The second-order valence-electron chi connectivity index (χ2n) is 9.28. The number of rotatable bonds is 6. The molecule has 3 aromatic carbocycles. The molecule has 0 fully saturated rings. The first-order valence-corrected chi connectivity index (χ1v) is 12.4. The van der Waals surface area contributed by atoms with Gasteiger partial charge in [0.05, 0.1) is 5.02 Å². The monoisotopic (exact) mass is 541 g/mol. The van der Waals surface area contributed by atoms with Gasteiger partial charge in [-0.15, -0.1) is 0 Å². The van der Waals surface area contributed by atoms with Crippen LogP contribution >= 0.6 is 35.4 Å². The maximum absolute atomic E-state index is 12.2. The van der Waals surface area contributed by atoms with Crippen molar-refractivity contribution in [2.75, 3.05) is 11.9 Å². The van der Waals surface area contributed by atoms with E-state index in [2.05, 4.69) is 36.4 Å². The molecule has 0 spiro atoms. The van der Waals surface area contributed by atoms with Gasteiger partial charge in [0.15, 0.2) is 23.2 Å². The van der Waals surface area contributed by atoms with Gasteiger partial charge in [0.2, 0.25) is 0 Å². The van der Waals surface area contributed by atoms with Crippen molar-refractivity contribution in [2.24, 2.45) is 0 Å². The maximum Gasteiger partial charge on any atom is 0.264 e. The Morgan fingerprint density at radius 2 is 1.75 bits per heavy atom. The van der Waals surface area contributed by atoms with Gasteiger partial charge in [-0.1, -0.05) is 68.2 Å². The van der Waals surface area contributed by atoms with Gasteiger partial charge in [-0.25, -0.2) is 4.98 Å². The molecule has 1 heterocycles. The average Bonchev–Trinajstić information content (AvgIpc) is 3.21. The molecule has 36 heavy (non-hydrogen) atoms. The van der Waals surface area contributed by atoms with Crippen LogP contribution in [-0.4, -0.2) is 22.6 Å². The van der Waals surface area contributed by atoms with E-state index in [4.69, 9.17) is 44.6 Å². The summed E-state index contributed by atoms with van der Waals surface area (Å²) in [5, 5.41) is 6.73. The van der Waals surface area contributed by atoms with Gasteiger partial charge in [0, 0.05) is 17.1 Å². The normalized spacial score (nSPS) is 11.4. The lowest BCUT2D eigenvalue weighted by Crippen LogP contribution is -2.37. The predicted octanol–water partition coefficient (Wildman–Crippen LogP) is 6.91. The summed E-state index contributed by atoms with van der Waals surface area (Å²) in [4.78, 5) is 16.7. The zero-order valence-corrected chi connectivity index (χ0v) is 22.4. The number of hydrogen-bond acceptors (Lipinski definition) is 5. The van der Waals surface area contributed by atoms with E-state index in [0.717, 1.165) is 11.3 Å². The summed E-state index contributed by atoms with van der Waals surface area (Å²) >= 11 is 17.5. The number of anilines is 1. The number of halogens is 2. The lowest BCUT2D eigenvalue weighted by molar-refractivity contribution is -0.121. The van der Waals surface area contributed by atoms with Crippen LogP contribution in [0.1, 0.15) is 37.8 Å². The number of aromatic nitrogens is 1. The minimum absolute atomic E-state index is 0.0549. The lowest BCUT2D eigenvalue weighted by atomic mass is 9.87. The highest BCUT2D eigenvalue weighted by molar-refractivity contribution is 7.80. The molecule has 1 amide bonds. The number of fused-ring (bicyclic) bond motifs is 1. The number of carbonyl (C=O) groups excluding carboxylic acids is 1. The number of nitrogens with one attached hydrogen (secondary N) is 2. The molecule has 0 saturated carbocycles. The van der Waals surface area contributed by atoms with Crippen LogP contribution in [-0.2, 0) is 16.6 Å². The van der Waals surface area contributed by atoms with Gasteiger partial charge in [-0.05, 0) is 65.2 Å². The fourth-order valence-electron chi connectivity index (χ4n) is 3.49. The molecule has 0 atom stereocenters. The molecule has 1 aromatic heterocycles. The van der Waals surface area contributed by atoms with Crippen LogP contribution in [0.4, 0.5) is 5.69 Å². The summed E-state index contributed by atoms with van der Waals surface area (Å²) in [6, 6.07) is 18.6.